The molecule has 0 radical (unpaired) electrons. The van der Waals surface area contributed by atoms with Crippen molar-refractivity contribution in [2.24, 2.45) is 0 Å². The maximum atomic E-state index is 10.9. The Hall–Kier alpha value is -0.570. The summed E-state index contributed by atoms with van der Waals surface area (Å²) in [7, 11) is -3.48. The van der Waals surface area contributed by atoms with Crippen LogP contribution in [0.25, 0.3) is 0 Å². The fourth-order valence-electron chi connectivity index (χ4n) is 0.488. The van der Waals surface area contributed by atoms with Crippen LogP contribution >= 0.6 is 0 Å². The molecule has 4 nitrogen and oxygen atoms in total. The van der Waals surface area contributed by atoms with Crippen LogP contribution < -0.4 is 0 Å². The van der Waals surface area contributed by atoms with E-state index < -0.39 is 10.1 Å². The zero-order valence-electron chi connectivity index (χ0n) is 6.95. The van der Waals surface area contributed by atoms with Crippen LogP contribution in [-0.4, -0.2) is 34.0 Å². The highest BCUT2D eigenvalue weighted by Gasteiger charge is 2.09. The molecule has 0 heterocycles. The third kappa shape index (κ3) is 6.16. The lowest BCUT2D eigenvalue weighted by molar-refractivity contribution is 0.161. The Morgan fingerprint density at radius 1 is 1.50 bits per heavy atom. The van der Waals surface area contributed by atoms with Gasteiger partial charge in [0, 0.05) is 6.61 Å². The maximum Gasteiger partial charge on any atom is 0.270 e. The Morgan fingerprint density at radius 3 is 2.67 bits per heavy atom. The normalized spacial score (nSPS) is 11.0. The van der Waals surface area contributed by atoms with Gasteiger partial charge in [-0.05, 0) is 6.92 Å². The standard InChI is InChI=1S/C7H12O4S/c1-3-5-11-12(8,9)7-6-10-4-2/h1H,4-7H2,2H3. The fraction of sp³-hybridized carbons (Fsp3) is 0.714. The fourth-order valence-corrected chi connectivity index (χ4v) is 1.18. The Morgan fingerprint density at radius 2 is 2.17 bits per heavy atom. The second-order valence-electron chi connectivity index (χ2n) is 1.93. The average molecular weight is 192 g/mol. The number of hydrogen-bond acceptors (Lipinski definition) is 4. The molecule has 0 aromatic heterocycles. The summed E-state index contributed by atoms with van der Waals surface area (Å²) in [6, 6.07) is 0. The van der Waals surface area contributed by atoms with Crippen LogP contribution in [0.15, 0.2) is 0 Å². The van der Waals surface area contributed by atoms with Gasteiger partial charge in [-0.15, -0.1) is 6.42 Å². The van der Waals surface area contributed by atoms with E-state index in [9.17, 15) is 8.42 Å². The van der Waals surface area contributed by atoms with Crippen molar-refractivity contribution in [3.63, 3.8) is 0 Å². The molecule has 0 aliphatic carbocycles. The molecule has 0 saturated heterocycles. The number of rotatable bonds is 6. The molecular weight excluding hydrogens is 180 g/mol. The quantitative estimate of drug-likeness (QED) is 0.338. The third-order valence-electron chi connectivity index (χ3n) is 1.00. The Bertz CT molecular complexity index is 237. The first-order valence-corrected chi connectivity index (χ1v) is 5.08. The molecule has 0 aliphatic heterocycles. The van der Waals surface area contributed by atoms with Crippen molar-refractivity contribution < 1.29 is 17.3 Å². The van der Waals surface area contributed by atoms with E-state index in [1.54, 1.807) is 6.92 Å². The number of terminal acetylenes is 1. The molecule has 0 aromatic rings. The summed E-state index contributed by atoms with van der Waals surface area (Å²) in [4.78, 5) is 0. The second kappa shape index (κ2) is 6.00. The van der Waals surface area contributed by atoms with E-state index in [1.807, 2.05) is 0 Å². The molecule has 0 saturated carbocycles. The van der Waals surface area contributed by atoms with E-state index in [2.05, 4.69) is 10.1 Å². The van der Waals surface area contributed by atoms with Crippen LogP contribution in [0.2, 0.25) is 0 Å². The Balaban J connectivity index is 3.67. The minimum atomic E-state index is -3.48. The molecule has 5 heteroatoms. The highest BCUT2D eigenvalue weighted by molar-refractivity contribution is 7.86. The molecule has 0 spiro atoms. The summed E-state index contributed by atoms with van der Waals surface area (Å²) in [6.07, 6.45) is 4.82. The topological polar surface area (TPSA) is 52.6 Å². The molecule has 0 atom stereocenters. The molecule has 0 fully saturated rings. The molecule has 0 rings (SSSR count). The molecule has 12 heavy (non-hydrogen) atoms. The minimum absolute atomic E-state index is 0.142. The van der Waals surface area contributed by atoms with E-state index in [0.717, 1.165) is 0 Å². The second-order valence-corrected chi connectivity index (χ2v) is 3.68. The van der Waals surface area contributed by atoms with Crippen LogP contribution in [0.5, 0.6) is 0 Å². The minimum Gasteiger partial charge on any atom is -0.381 e. The van der Waals surface area contributed by atoms with Gasteiger partial charge >= 0.3 is 0 Å². The summed E-state index contributed by atoms with van der Waals surface area (Å²) < 4.78 is 31.0. The van der Waals surface area contributed by atoms with Gasteiger partial charge in [0.05, 0.1) is 12.4 Å². The summed E-state index contributed by atoms with van der Waals surface area (Å²) in [5.41, 5.74) is 0. The predicted octanol–water partition coefficient (Wildman–Crippen LogP) is 0.00250. The van der Waals surface area contributed by atoms with Crippen molar-refractivity contribution >= 4 is 10.1 Å². The Labute approximate surface area is 73.0 Å². The van der Waals surface area contributed by atoms with Gasteiger partial charge in [-0.3, -0.25) is 4.18 Å². The summed E-state index contributed by atoms with van der Waals surface area (Å²) in [5, 5.41) is 0. The molecule has 0 N–H and O–H groups in total. The van der Waals surface area contributed by atoms with Crippen LogP contribution in [0.4, 0.5) is 0 Å². The van der Waals surface area contributed by atoms with Gasteiger partial charge < -0.3 is 4.74 Å². The number of hydrogen-bond donors (Lipinski definition) is 0. The molecule has 0 amide bonds. The van der Waals surface area contributed by atoms with Gasteiger partial charge in [0.1, 0.15) is 6.61 Å². The van der Waals surface area contributed by atoms with Crippen LogP contribution in [-0.2, 0) is 19.0 Å². The van der Waals surface area contributed by atoms with Gasteiger partial charge in [0.2, 0.25) is 0 Å². The first-order chi connectivity index (χ1) is 5.62. The van der Waals surface area contributed by atoms with Crippen molar-refractivity contribution in [3.05, 3.63) is 0 Å². The lowest BCUT2D eigenvalue weighted by Gasteiger charge is -2.01. The molecule has 0 aliphatic rings. The first-order valence-electron chi connectivity index (χ1n) is 3.50. The van der Waals surface area contributed by atoms with Crippen LogP contribution in [0.1, 0.15) is 6.92 Å². The highest BCUT2D eigenvalue weighted by Crippen LogP contribution is 1.92. The average Bonchev–Trinajstić information content (AvgIpc) is 2.01. The van der Waals surface area contributed by atoms with E-state index in [1.165, 1.54) is 0 Å². The van der Waals surface area contributed by atoms with E-state index in [-0.39, 0.29) is 19.0 Å². The largest absolute Gasteiger partial charge is 0.381 e. The summed E-state index contributed by atoms with van der Waals surface area (Å²) >= 11 is 0. The van der Waals surface area contributed by atoms with Gasteiger partial charge in [0.15, 0.2) is 0 Å². The lowest BCUT2D eigenvalue weighted by Crippen LogP contribution is -2.15. The van der Waals surface area contributed by atoms with Crippen molar-refractivity contribution in [3.8, 4) is 12.3 Å². The van der Waals surface area contributed by atoms with Gasteiger partial charge in [-0.25, -0.2) is 0 Å². The van der Waals surface area contributed by atoms with Gasteiger partial charge in [-0.1, -0.05) is 5.92 Å². The van der Waals surface area contributed by atoms with E-state index in [4.69, 9.17) is 11.2 Å². The smallest absolute Gasteiger partial charge is 0.270 e. The molecule has 0 bridgehead atoms. The van der Waals surface area contributed by atoms with Crippen molar-refractivity contribution in [1.82, 2.24) is 0 Å². The third-order valence-corrected chi connectivity index (χ3v) is 2.15. The SMILES string of the molecule is C#CCOS(=O)(=O)CCOCC. The number of ether oxygens (including phenoxy) is 1. The van der Waals surface area contributed by atoms with E-state index >= 15 is 0 Å². The molecule has 0 aromatic carbocycles. The molecular formula is C7H12O4S. The van der Waals surface area contributed by atoms with Gasteiger partial charge in [-0.2, -0.15) is 8.42 Å². The van der Waals surface area contributed by atoms with Crippen LogP contribution in [0, 0.1) is 12.3 Å². The highest BCUT2D eigenvalue weighted by atomic mass is 32.2. The van der Waals surface area contributed by atoms with Crippen LogP contribution in [0.3, 0.4) is 0 Å². The zero-order chi connectivity index (χ0) is 9.45. The lowest BCUT2D eigenvalue weighted by atomic mass is 10.8. The first kappa shape index (κ1) is 11.4. The maximum absolute atomic E-state index is 10.9. The van der Waals surface area contributed by atoms with Gasteiger partial charge in [0.25, 0.3) is 10.1 Å². The Kier molecular flexibility index (Phi) is 5.72. The summed E-state index contributed by atoms with van der Waals surface area (Å²) in [6.45, 7) is 2.21. The van der Waals surface area contributed by atoms with Crippen molar-refractivity contribution in [1.29, 1.82) is 0 Å². The van der Waals surface area contributed by atoms with E-state index in [0.29, 0.717) is 6.61 Å². The predicted molar refractivity (Wildman–Crippen MR) is 45.1 cm³/mol. The van der Waals surface area contributed by atoms with Crippen molar-refractivity contribution in [2.75, 3.05) is 25.6 Å². The monoisotopic (exact) mass is 192 g/mol. The molecule has 0 unspecified atom stereocenters. The molecule has 70 valence electrons. The summed E-state index contributed by atoms with van der Waals surface area (Å²) in [5.74, 6) is 1.92. The van der Waals surface area contributed by atoms with Crippen molar-refractivity contribution in [2.45, 2.75) is 6.92 Å². The zero-order valence-corrected chi connectivity index (χ0v) is 7.76.